The lowest BCUT2D eigenvalue weighted by Gasteiger charge is -2.21. The van der Waals surface area contributed by atoms with Crippen molar-refractivity contribution in [2.75, 3.05) is 19.8 Å². The van der Waals surface area contributed by atoms with E-state index in [9.17, 15) is 4.79 Å². The van der Waals surface area contributed by atoms with Gasteiger partial charge in [-0.15, -0.1) is 0 Å². The second-order valence-corrected chi connectivity index (χ2v) is 8.56. The third kappa shape index (κ3) is 7.16. The summed E-state index contributed by atoms with van der Waals surface area (Å²) in [6.07, 6.45) is 8.85. The van der Waals surface area contributed by atoms with Crippen LogP contribution >= 0.6 is 0 Å². The number of benzene rings is 2. The summed E-state index contributed by atoms with van der Waals surface area (Å²) in [6.45, 7) is 1.36. The maximum atomic E-state index is 12.1. The number of rotatable bonds is 10. The number of ether oxygens (including phenoxy) is 2. The van der Waals surface area contributed by atoms with E-state index in [2.05, 4.69) is 16.4 Å². The van der Waals surface area contributed by atoms with Gasteiger partial charge in [-0.1, -0.05) is 43.5 Å². The standard InChI is InChI=1S/C28H32N2O3/c31-27(30-20-22-8-3-1-4-9-22)21-32-19-17-23-10-7-18-29-28(23)24-13-15-26(16-14-24)33-25-11-5-2-6-12-25/h2,5-7,10-16,18,22H,1,3-4,8-9,17,19-21H2,(H,30,31). The number of hydrogen-bond acceptors (Lipinski definition) is 4. The molecule has 0 saturated heterocycles. The molecule has 1 saturated carbocycles. The molecule has 5 nitrogen and oxygen atoms in total. The van der Waals surface area contributed by atoms with E-state index in [-0.39, 0.29) is 12.5 Å². The molecule has 1 fully saturated rings. The van der Waals surface area contributed by atoms with Gasteiger partial charge in [-0.2, -0.15) is 0 Å². The highest BCUT2D eigenvalue weighted by molar-refractivity contribution is 5.77. The van der Waals surface area contributed by atoms with Crippen LogP contribution < -0.4 is 10.1 Å². The van der Waals surface area contributed by atoms with E-state index in [4.69, 9.17) is 9.47 Å². The van der Waals surface area contributed by atoms with E-state index in [1.165, 1.54) is 32.1 Å². The first kappa shape index (κ1) is 23.0. The molecule has 0 bridgehead atoms. The van der Waals surface area contributed by atoms with Crippen LogP contribution in [-0.2, 0) is 16.0 Å². The van der Waals surface area contributed by atoms with Crippen molar-refractivity contribution in [3.8, 4) is 22.8 Å². The van der Waals surface area contributed by atoms with Crippen LogP contribution in [0.3, 0.4) is 0 Å². The minimum atomic E-state index is -0.0269. The normalized spacial score (nSPS) is 14.1. The van der Waals surface area contributed by atoms with Gasteiger partial charge in [-0.25, -0.2) is 0 Å². The molecule has 2 aromatic carbocycles. The molecule has 1 aliphatic rings. The average Bonchev–Trinajstić information content (AvgIpc) is 2.87. The molecule has 1 aromatic heterocycles. The van der Waals surface area contributed by atoms with Gasteiger partial charge in [0.05, 0.1) is 12.3 Å². The maximum Gasteiger partial charge on any atom is 0.246 e. The van der Waals surface area contributed by atoms with E-state index in [1.54, 1.807) is 6.20 Å². The predicted octanol–water partition coefficient (Wildman–Crippen LogP) is 5.80. The van der Waals surface area contributed by atoms with Crippen LogP contribution in [0.15, 0.2) is 72.9 Å². The number of para-hydroxylation sites is 1. The van der Waals surface area contributed by atoms with E-state index in [0.29, 0.717) is 18.9 Å². The fourth-order valence-electron chi connectivity index (χ4n) is 4.25. The Hall–Kier alpha value is -3.18. The van der Waals surface area contributed by atoms with Crippen LogP contribution in [0.1, 0.15) is 37.7 Å². The Labute approximate surface area is 196 Å². The van der Waals surface area contributed by atoms with Crippen LogP contribution in [-0.4, -0.2) is 30.6 Å². The van der Waals surface area contributed by atoms with Gasteiger partial charge in [-0.3, -0.25) is 9.78 Å². The van der Waals surface area contributed by atoms with E-state index < -0.39 is 0 Å². The van der Waals surface area contributed by atoms with Crippen molar-refractivity contribution >= 4 is 5.91 Å². The molecule has 0 aliphatic heterocycles. The number of aromatic nitrogens is 1. The number of amides is 1. The Bertz CT molecular complexity index is 999. The first-order valence-electron chi connectivity index (χ1n) is 11.9. The predicted molar refractivity (Wildman–Crippen MR) is 130 cm³/mol. The Morgan fingerprint density at radius 3 is 2.45 bits per heavy atom. The zero-order chi connectivity index (χ0) is 22.7. The van der Waals surface area contributed by atoms with Crippen LogP contribution in [0, 0.1) is 5.92 Å². The molecule has 172 valence electrons. The van der Waals surface area contributed by atoms with Crippen LogP contribution in [0.2, 0.25) is 0 Å². The number of pyridine rings is 1. The summed E-state index contributed by atoms with van der Waals surface area (Å²) in [7, 11) is 0. The van der Waals surface area contributed by atoms with E-state index in [1.807, 2.05) is 60.7 Å². The summed E-state index contributed by atoms with van der Waals surface area (Å²) in [6, 6.07) is 21.7. The lowest BCUT2D eigenvalue weighted by atomic mass is 9.89. The zero-order valence-electron chi connectivity index (χ0n) is 19.0. The molecule has 0 atom stereocenters. The first-order chi connectivity index (χ1) is 16.3. The summed E-state index contributed by atoms with van der Waals surface area (Å²) >= 11 is 0. The fourth-order valence-corrected chi connectivity index (χ4v) is 4.25. The summed E-state index contributed by atoms with van der Waals surface area (Å²) < 4.78 is 11.5. The van der Waals surface area contributed by atoms with Crippen molar-refractivity contribution in [2.45, 2.75) is 38.5 Å². The molecule has 1 aliphatic carbocycles. The number of nitrogens with one attached hydrogen (secondary N) is 1. The Morgan fingerprint density at radius 2 is 1.67 bits per heavy atom. The third-order valence-corrected chi connectivity index (χ3v) is 6.06. The third-order valence-electron chi connectivity index (χ3n) is 6.06. The van der Waals surface area contributed by atoms with Crippen LogP contribution in [0.25, 0.3) is 11.3 Å². The molecule has 33 heavy (non-hydrogen) atoms. The lowest BCUT2D eigenvalue weighted by molar-refractivity contribution is -0.125. The van der Waals surface area contributed by atoms with E-state index in [0.717, 1.165) is 34.9 Å². The quantitative estimate of drug-likeness (QED) is 0.402. The largest absolute Gasteiger partial charge is 0.457 e. The molecular weight excluding hydrogens is 412 g/mol. The van der Waals surface area contributed by atoms with Crippen LogP contribution in [0.5, 0.6) is 11.5 Å². The molecule has 1 amide bonds. The van der Waals surface area contributed by atoms with Crippen molar-refractivity contribution in [3.63, 3.8) is 0 Å². The lowest BCUT2D eigenvalue weighted by Crippen LogP contribution is -2.33. The van der Waals surface area contributed by atoms with Gasteiger partial charge < -0.3 is 14.8 Å². The molecular formula is C28H32N2O3. The van der Waals surface area contributed by atoms with Gasteiger partial charge in [-0.05, 0) is 73.2 Å². The summed E-state index contributed by atoms with van der Waals surface area (Å²) in [4.78, 5) is 16.7. The maximum absolute atomic E-state index is 12.1. The minimum Gasteiger partial charge on any atom is -0.457 e. The molecule has 3 aromatic rings. The number of carbonyl (C=O) groups is 1. The molecule has 5 heteroatoms. The van der Waals surface area contributed by atoms with Crippen molar-refractivity contribution in [3.05, 3.63) is 78.5 Å². The molecule has 1 N–H and O–H groups in total. The number of carbonyl (C=O) groups excluding carboxylic acids is 1. The number of nitrogens with zero attached hydrogens (tertiary/aromatic N) is 1. The van der Waals surface area contributed by atoms with E-state index >= 15 is 0 Å². The van der Waals surface area contributed by atoms with Gasteiger partial charge in [0, 0.05) is 18.3 Å². The van der Waals surface area contributed by atoms with Crippen molar-refractivity contribution in [1.29, 1.82) is 0 Å². The highest BCUT2D eigenvalue weighted by Gasteiger charge is 2.14. The van der Waals surface area contributed by atoms with Gasteiger partial charge >= 0.3 is 0 Å². The monoisotopic (exact) mass is 444 g/mol. The van der Waals surface area contributed by atoms with Gasteiger partial charge in [0.25, 0.3) is 0 Å². The molecule has 0 radical (unpaired) electrons. The van der Waals surface area contributed by atoms with Crippen molar-refractivity contribution in [1.82, 2.24) is 10.3 Å². The molecule has 4 rings (SSSR count). The molecule has 0 unspecified atom stereocenters. The topological polar surface area (TPSA) is 60.5 Å². The van der Waals surface area contributed by atoms with Gasteiger partial charge in [0.15, 0.2) is 0 Å². The molecule has 0 spiro atoms. The first-order valence-corrected chi connectivity index (χ1v) is 11.9. The Morgan fingerprint density at radius 1 is 0.909 bits per heavy atom. The number of hydrogen-bond donors (Lipinski definition) is 1. The fraction of sp³-hybridized carbons (Fsp3) is 0.357. The van der Waals surface area contributed by atoms with Crippen molar-refractivity contribution in [2.24, 2.45) is 5.92 Å². The zero-order valence-corrected chi connectivity index (χ0v) is 19.0. The summed E-state index contributed by atoms with van der Waals surface area (Å²) in [5.41, 5.74) is 3.04. The summed E-state index contributed by atoms with van der Waals surface area (Å²) in [5.74, 6) is 2.19. The highest BCUT2D eigenvalue weighted by Crippen LogP contribution is 2.27. The minimum absolute atomic E-state index is 0.0269. The van der Waals surface area contributed by atoms with Crippen molar-refractivity contribution < 1.29 is 14.3 Å². The smallest absolute Gasteiger partial charge is 0.246 e. The highest BCUT2D eigenvalue weighted by atomic mass is 16.5. The second kappa shape index (κ2) is 12.2. The molecule has 1 heterocycles. The second-order valence-electron chi connectivity index (χ2n) is 8.56. The Balaban J connectivity index is 1.25. The summed E-state index contributed by atoms with van der Waals surface area (Å²) in [5, 5.41) is 3.02. The van der Waals surface area contributed by atoms with Gasteiger partial charge in [0.2, 0.25) is 5.91 Å². The Kier molecular flexibility index (Phi) is 8.48. The van der Waals surface area contributed by atoms with Gasteiger partial charge in [0.1, 0.15) is 18.1 Å². The SMILES string of the molecule is O=C(COCCc1cccnc1-c1ccc(Oc2ccccc2)cc1)NCC1CCCCC1. The average molecular weight is 445 g/mol. The van der Waals surface area contributed by atoms with Crippen LogP contribution in [0.4, 0.5) is 0 Å².